The second kappa shape index (κ2) is 11.3. The third kappa shape index (κ3) is 6.20. The maximum absolute atomic E-state index is 12.6. The summed E-state index contributed by atoms with van der Waals surface area (Å²) in [5.41, 5.74) is 3.33. The highest BCUT2D eigenvalue weighted by molar-refractivity contribution is 5.74. The van der Waals surface area contributed by atoms with Gasteiger partial charge in [-0.1, -0.05) is 35.9 Å². The highest BCUT2D eigenvalue weighted by Crippen LogP contribution is 2.25. The zero-order chi connectivity index (χ0) is 22.2. The van der Waals surface area contributed by atoms with E-state index in [4.69, 9.17) is 9.47 Å². The minimum Gasteiger partial charge on any atom is -0.474 e. The molecule has 2 heterocycles. The summed E-state index contributed by atoms with van der Waals surface area (Å²) in [4.78, 5) is 19.4. The predicted octanol–water partition coefficient (Wildman–Crippen LogP) is 3.58. The summed E-state index contributed by atoms with van der Waals surface area (Å²) in [6.07, 6.45) is 6.54. The van der Waals surface area contributed by atoms with Crippen molar-refractivity contribution in [1.82, 2.24) is 20.5 Å². The molecule has 172 valence electrons. The Kier molecular flexibility index (Phi) is 7.96. The molecule has 7 nitrogen and oxygen atoms in total. The number of benzene rings is 1. The van der Waals surface area contributed by atoms with E-state index in [2.05, 4.69) is 51.7 Å². The number of hydrogen-bond donors (Lipinski definition) is 2. The van der Waals surface area contributed by atoms with Gasteiger partial charge in [-0.3, -0.25) is 4.90 Å². The highest BCUT2D eigenvalue weighted by atomic mass is 16.5. The highest BCUT2D eigenvalue weighted by Gasteiger charge is 2.23. The van der Waals surface area contributed by atoms with Crippen LogP contribution >= 0.6 is 0 Å². The second-order valence-corrected chi connectivity index (χ2v) is 8.63. The van der Waals surface area contributed by atoms with Gasteiger partial charge in [-0.25, -0.2) is 9.78 Å². The van der Waals surface area contributed by atoms with Crippen LogP contribution in [-0.2, 0) is 11.3 Å². The molecule has 2 amide bonds. The summed E-state index contributed by atoms with van der Waals surface area (Å²) in [6.45, 7) is 6.18. The number of nitrogens with one attached hydrogen (secondary N) is 2. The van der Waals surface area contributed by atoms with E-state index < -0.39 is 0 Å². The zero-order valence-corrected chi connectivity index (χ0v) is 18.9. The lowest BCUT2D eigenvalue weighted by Crippen LogP contribution is -2.45. The van der Waals surface area contributed by atoms with Crippen molar-refractivity contribution < 1.29 is 14.3 Å². The average molecular weight is 439 g/mol. The van der Waals surface area contributed by atoms with Crippen LogP contribution < -0.4 is 15.4 Å². The molecule has 1 unspecified atom stereocenters. The Morgan fingerprint density at radius 3 is 2.78 bits per heavy atom. The normalized spacial score (nSPS) is 18.3. The van der Waals surface area contributed by atoms with Crippen molar-refractivity contribution in [2.24, 2.45) is 0 Å². The maximum atomic E-state index is 12.6. The Morgan fingerprint density at radius 1 is 1.19 bits per heavy atom. The molecule has 2 fully saturated rings. The van der Waals surface area contributed by atoms with Crippen molar-refractivity contribution in [3.63, 3.8) is 0 Å². The number of pyridine rings is 1. The van der Waals surface area contributed by atoms with E-state index in [0.29, 0.717) is 19.0 Å². The van der Waals surface area contributed by atoms with E-state index in [1.54, 1.807) is 6.20 Å². The molecule has 1 aromatic carbocycles. The molecule has 2 aromatic rings. The number of carbonyl (C=O) groups is 1. The van der Waals surface area contributed by atoms with Gasteiger partial charge in [-0.05, 0) is 44.2 Å². The van der Waals surface area contributed by atoms with Gasteiger partial charge in [0.2, 0.25) is 5.88 Å². The van der Waals surface area contributed by atoms with E-state index in [1.165, 1.54) is 24.0 Å². The van der Waals surface area contributed by atoms with Crippen LogP contribution in [0.15, 0.2) is 42.6 Å². The van der Waals surface area contributed by atoms with Gasteiger partial charge in [0.25, 0.3) is 0 Å². The zero-order valence-electron chi connectivity index (χ0n) is 18.9. The van der Waals surface area contributed by atoms with Crippen molar-refractivity contribution in [1.29, 1.82) is 0 Å². The van der Waals surface area contributed by atoms with Gasteiger partial charge >= 0.3 is 6.03 Å². The van der Waals surface area contributed by atoms with Crippen molar-refractivity contribution in [2.75, 3.05) is 32.8 Å². The topological polar surface area (TPSA) is 75.7 Å². The average Bonchev–Trinajstić information content (AvgIpc) is 3.33. The fourth-order valence-corrected chi connectivity index (χ4v) is 4.48. The van der Waals surface area contributed by atoms with Crippen LogP contribution in [0.4, 0.5) is 4.79 Å². The number of amides is 2. The fourth-order valence-electron chi connectivity index (χ4n) is 4.48. The van der Waals surface area contributed by atoms with Gasteiger partial charge in [0, 0.05) is 37.9 Å². The summed E-state index contributed by atoms with van der Waals surface area (Å²) >= 11 is 0. The molecule has 1 aromatic heterocycles. The molecular formula is C25H34N4O3. The Labute approximate surface area is 190 Å². The lowest BCUT2D eigenvalue weighted by molar-refractivity contribution is 0.0167. The fraction of sp³-hybridized carbons (Fsp3) is 0.520. The molecule has 1 saturated carbocycles. The third-order valence-electron chi connectivity index (χ3n) is 6.24. The molecule has 32 heavy (non-hydrogen) atoms. The van der Waals surface area contributed by atoms with E-state index in [-0.39, 0.29) is 18.2 Å². The van der Waals surface area contributed by atoms with Gasteiger partial charge in [-0.15, -0.1) is 0 Å². The molecule has 2 aliphatic rings. The van der Waals surface area contributed by atoms with Crippen molar-refractivity contribution in [3.8, 4) is 5.88 Å². The Bertz CT molecular complexity index is 879. The summed E-state index contributed by atoms with van der Waals surface area (Å²) < 4.78 is 11.6. The number of carbonyl (C=O) groups excluding carboxylic acids is 1. The van der Waals surface area contributed by atoms with E-state index in [1.807, 2.05) is 12.1 Å². The number of nitrogens with zero attached hydrogens (tertiary/aromatic N) is 2. The van der Waals surface area contributed by atoms with Crippen molar-refractivity contribution in [2.45, 2.75) is 51.3 Å². The van der Waals surface area contributed by atoms with Crippen LogP contribution in [0.25, 0.3) is 0 Å². The van der Waals surface area contributed by atoms with E-state index in [0.717, 1.165) is 44.7 Å². The number of aryl methyl sites for hydroxylation is 1. The first-order valence-electron chi connectivity index (χ1n) is 11.7. The number of rotatable bonds is 8. The molecule has 1 aliphatic heterocycles. The number of aromatic nitrogens is 1. The van der Waals surface area contributed by atoms with Gasteiger partial charge in [0.15, 0.2) is 0 Å². The van der Waals surface area contributed by atoms with Crippen LogP contribution in [0.2, 0.25) is 0 Å². The third-order valence-corrected chi connectivity index (χ3v) is 6.24. The second-order valence-electron chi connectivity index (χ2n) is 8.63. The minimum atomic E-state index is -0.188. The molecule has 1 aliphatic carbocycles. The quantitative estimate of drug-likeness (QED) is 0.659. The van der Waals surface area contributed by atoms with Crippen LogP contribution in [0.3, 0.4) is 0 Å². The number of morpholine rings is 1. The first kappa shape index (κ1) is 22.6. The van der Waals surface area contributed by atoms with E-state index in [9.17, 15) is 4.79 Å². The van der Waals surface area contributed by atoms with Crippen LogP contribution in [-0.4, -0.2) is 54.9 Å². The number of ether oxygens (including phenoxy) is 2. The summed E-state index contributed by atoms with van der Waals surface area (Å²) in [6, 6.07) is 12.3. The molecular weight excluding hydrogens is 404 g/mol. The number of hydrogen-bond acceptors (Lipinski definition) is 5. The molecule has 1 atom stereocenters. The monoisotopic (exact) mass is 438 g/mol. The van der Waals surface area contributed by atoms with Crippen molar-refractivity contribution >= 4 is 6.03 Å². The molecule has 0 spiro atoms. The summed E-state index contributed by atoms with van der Waals surface area (Å²) in [5, 5.41) is 6.04. The first-order valence-corrected chi connectivity index (χ1v) is 11.7. The van der Waals surface area contributed by atoms with Gasteiger partial charge in [0.1, 0.15) is 6.10 Å². The molecule has 1 saturated heterocycles. The summed E-state index contributed by atoms with van der Waals surface area (Å²) in [5.74, 6) is 0.630. The standard InChI is InChI=1S/C25H34N4O3/c1-19-6-4-7-20(16-19)23(29-12-14-31-15-13-29)18-28-25(30)27-17-21-8-5-11-26-24(21)32-22-9-2-3-10-22/h4-8,11,16,22-23H,2-3,9-10,12-15,17-18H2,1H3,(H2,27,28,30). The lowest BCUT2D eigenvalue weighted by atomic mass is 10.0. The molecule has 7 heteroatoms. The first-order chi connectivity index (χ1) is 15.7. The molecule has 0 radical (unpaired) electrons. The SMILES string of the molecule is Cc1cccc(C(CNC(=O)NCc2cccnc2OC2CCCC2)N2CCOCC2)c1. The molecule has 2 N–H and O–H groups in total. The predicted molar refractivity (Wildman–Crippen MR) is 124 cm³/mol. The molecule has 4 rings (SSSR count). The van der Waals surface area contributed by atoms with Crippen molar-refractivity contribution in [3.05, 3.63) is 59.3 Å². The van der Waals surface area contributed by atoms with Gasteiger partial charge in [-0.2, -0.15) is 0 Å². The summed E-state index contributed by atoms with van der Waals surface area (Å²) in [7, 11) is 0. The number of urea groups is 1. The van der Waals surface area contributed by atoms with Crippen LogP contribution in [0, 0.1) is 6.92 Å². The smallest absolute Gasteiger partial charge is 0.315 e. The largest absolute Gasteiger partial charge is 0.474 e. The Balaban J connectivity index is 1.33. The lowest BCUT2D eigenvalue weighted by Gasteiger charge is -2.35. The van der Waals surface area contributed by atoms with E-state index >= 15 is 0 Å². The minimum absolute atomic E-state index is 0.115. The Morgan fingerprint density at radius 2 is 2.00 bits per heavy atom. The van der Waals surface area contributed by atoms with Crippen LogP contribution in [0.5, 0.6) is 5.88 Å². The van der Waals surface area contributed by atoms with Gasteiger partial charge < -0.3 is 20.1 Å². The Hall–Kier alpha value is -2.64. The van der Waals surface area contributed by atoms with Crippen LogP contribution in [0.1, 0.15) is 48.4 Å². The maximum Gasteiger partial charge on any atom is 0.315 e. The molecule has 0 bridgehead atoms. The van der Waals surface area contributed by atoms with Gasteiger partial charge in [0.05, 0.1) is 19.3 Å².